The number of benzene rings is 2. The van der Waals surface area contributed by atoms with Crippen molar-refractivity contribution in [3.05, 3.63) is 89.3 Å². The normalized spacial score (nSPS) is 9.95. The molecular weight excluding hydrogens is 611 g/mol. The Hall–Kier alpha value is -0.660. The first-order chi connectivity index (χ1) is 16.0. The maximum absolute atomic E-state index is 2.39. The van der Waals surface area contributed by atoms with Crippen molar-refractivity contribution in [1.82, 2.24) is 0 Å². The van der Waals surface area contributed by atoms with Gasteiger partial charge in [-0.3, -0.25) is 0 Å². The molecule has 0 spiro atoms. The molecule has 4 aromatic carbocycles. The molecule has 4 aromatic rings. The largest absolute Gasteiger partial charge is 3.00 e. The van der Waals surface area contributed by atoms with E-state index in [0.29, 0.717) is 23.7 Å². The van der Waals surface area contributed by atoms with E-state index in [1.54, 1.807) is 0 Å². The van der Waals surface area contributed by atoms with E-state index >= 15 is 0 Å². The van der Waals surface area contributed by atoms with E-state index in [0.717, 1.165) is 0 Å². The van der Waals surface area contributed by atoms with Crippen LogP contribution in [0, 0.1) is 21.3 Å². The van der Waals surface area contributed by atoms with Crippen molar-refractivity contribution >= 4 is 57.3 Å². The molecule has 0 bridgehead atoms. The average molecular weight is 664 g/mol. The monoisotopic (exact) mass is 661 g/mol. The van der Waals surface area contributed by atoms with Crippen molar-refractivity contribution in [2.24, 2.45) is 0 Å². The molecule has 0 atom stereocenters. The summed E-state index contributed by atoms with van der Waals surface area (Å²) in [6.07, 6.45) is 0. The van der Waals surface area contributed by atoms with Gasteiger partial charge in [-0.15, -0.1) is 81.8 Å². The van der Waals surface area contributed by atoms with Crippen LogP contribution in [0.1, 0.15) is 126 Å². The Morgan fingerprint density at radius 1 is 0.513 bits per heavy atom. The van der Waals surface area contributed by atoms with E-state index in [4.69, 9.17) is 0 Å². The molecule has 0 aliphatic heterocycles. The number of halogens is 2. The minimum atomic E-state index is 0. The van der Waals surface area contributed by atoms with Crippen LogP contribution in [0.15, 0.2) is 48.5 Å². The summed E-state index contributed by atoms with van der Waals surface area (Å²) >= 11 is 0. The fourth-order valence-electron chi connectivity index (χ4n) is 4.67. The molecule has 0 aliphatic rings. The summed E-state index contributed by atoms with van der Waals surface area (Å²) < 4.78 is 0. The first-order valence-corrected chi connectivity index (χ1v) is 13.4. The molecule has 215 valence electrons. The predicted molar refractivity (Wildman–Crippen MR) is 183 cm³/mol. The average Bonchev–Trinajstić information content (AvgIpc) is 3.33. The number of hydrogen-bond donors (Lipinski definition) is 0. The second kappa shape index (κ2) is 20.3. The maximum atomic E-state index is 2.39. The molecule has 0 unspecified atom stereocenters. The summed E-state index contributed by atoms with van der Waals surface area (Å²) in [7, 11) is 0. The first-order valence-electron chi connectivity index (χ1n) is 13.4. The third kappa shape index (κ3) is 11.6. The van der Waals surface area contributed by atoms with Crippen molar-refractivity contribution in [1.29, 1.82) is 0 Å². The van der Waals surface area contributed by atoms with Gasteiger partial charge < -0.3 is 7.43 Å². The van der Waals surface area contributed by atoms with Crippen LogP contribution in [0.25, 0.3) is 21.5 Å². The zero-order valence-corrected chi connectivity index (χ0v) is 31.8. The van der Waals surface area contributed by atoms with Crippen LogP contribution >= 0.6 is 24.8 Å². The quantitative estimate of drug-likeness (QED) is 0.151. The fourth-order valence-corrected chi connectivity index (χ4v) is 4.67. The van der Waals surface area contributed by atoms with Gasteiger partial charge in [-0.05, 0) is 23.7 Å². The van der Waals surface area contributed by atoms with Gasteiger partial charge in [0.05, 0.1) is 0 Å². The van der Waals surface area contributed by atoms with Gasteiger partial charge in [0.1, 0.15) is 0 Å². The van der Waals surface area contributed by atoms with E-state index in [2.05, 4.69) is 118 Å². The SMILES string of the molecule is CC.Cc1cc2c(C(C)C)cc(C(C)C)cc2[cH-]1.Cc1cc2c(C(C)C)cc(C(C)C)cc2[cH-]1.Cl.Cl.[CH3-].[Si].[Zr+3]. The molecule has 0 saturated heterocycles. The molecule has 39 heavy (non-hydrogen) atoms. The third-order valence-corrected chi connectivity index (χ3v) is 6.62. The Labute approximate surface area is 277 Å². The van der Waals surface area contributed by atoms with E-state index < -0.39 is 0 Å². The van der Waals surface area contributed by atoms with Crippen LogP contribution in [0.3, 0.4) is 0 Å². The summed E-state index contributed by atoms with van der Waals surface area (Å²) in [5, 5.41) is 5.70. The van der Waals surface area contributed by atoms with E-state index in [-0.39, 0.29) is 69.4 Å². The summed E-state index contributed by atoms with van der Waals surface area (Å²) in [5.74, 6) is 2.42. The minimum Gasteiger partial charge on any atom is -0.358 e. The Morgan fingerprint density at radius 3 is 1.03 bits per heavy atom. The molecule has 0 saturated carbocycles. The van der Waals surface area contributed by atoms with Crippen molar-refractivity contribution in [3.63, 3.8) is 0 Å². The molecule has 0 fully saturated rings. The van der Waals surface area contributed by atoms with Crippen LogP contribution in [-0.4, -0.2) is 11.0 Å². The fraction of sp³-hybridized carbons (Fsp3) is 0.457. The standard InChI is InChI=1S/2C16H21.C2H6.CH3.2ClH.Si.Zr/c2*1-10(2)13-8-14-6-12(5)7-16(14)15(9-13)11(3)4;1-2;;;;;/h2*6-11H,1-5H3;1-2H3;1H3;2*1H;;/q2*-1;;-1;;;;+3. The number of fused-ring (bicyclic) bond motifs is 2. The molecule has 4 rings (SSSR count). The summed E-state index contributed by atoms with van der Waals surface area (Å²) in [4.78, 5) is 0. The summed E-state index contributed by atoms with van der Waals surface area (Å²) in [6.45, 7) is 26.5. The van der Waals surface area contributed by atoms with Gasteiger partial charge in [-0.1, -0.05) is 117 Å². The minimum absolute atomic E-state index is 0. The van der Waals surface area contributed by atoms with Gasteiger partial charge in [0.15, 0.2) is 0 Å². The zero-order chi connectivity index (χ0) is 25.7. The Bertz CT molecular complexity index is 1120. The molecule has 0 amide bonds. The topological polar surface area (TPSA) is 0 Å². The summed E-state index contributed by atoms with van der Waals surface area (Å²) in [6, 6.07) is 18.7. The Balaban J connectivity index is -0.000000263. The van der Waals surface area contributed by atoms with Crippen molar-refractivity contribution in [3.8, 4) is 0 Å². The molecule has 0 heterocycles. The first kappa shape index (κ1) is 45.3. The van der Waals surface area contributed by atoms with Gasteiger partial charge in [-0.2, -0.15) is 12.1 Å². The number of rotatable bonds is 4. The van der Waals surface area contributed by atoms with Gasteiger partial charge in [0.2, 0.25) is 0 Å². The van der Waals surface area contributed by atoms with E-state index in [9.17, 15) is 0 Å². The van der Waals surface area contributed by atoms with Crippen molar-refractivity contribution < 1.29 is 26.2 Å². The third-order valence-electron chi connectivity index (χ3n) is 6.62. The van der Waals surface area contributed by atoms with Gasteiger partial charge in [0, 0.05) is 11.0 Å². The molecule has 5 radical (unpaired) electrons. The zero-order valence-electron chi connectivity index (χ0n) is 26.7. The smallest absolute Gasteiger partial charge is 0.358 e. The van der Waals surface area contributed by atoms with E-state index in [1.165, 1.54) is 54.9 Å². The Kier molecular flexibility index (Phi) is 23.5. The number of aryl methyl sites for hydroxylation is 2. The molecule has 4 heteroatoms. The molecular formula is C35H53Cl2SiZr. The van der Waals surface area contributed by atoms with Gasteiger partial charge in [-0.25, -0.2) is 0 Å². The molecule has 0 N–H and O–H groups in total. The van der Waals surface area contributed by atoms with Crippen LogP contribution in [0.2, 0.25) is 0 Å². The van der Waals surface area contributed by atoms with Gasteiger partial charge in [0.25, 0.3) is 0 Å². The van der Waals surface area contributed by atoms with Crippen LogP contribution in [-0.2, 0) is 26.2 Å². The van der Waals surface area contributed by atoms with Crippen LogP contribution < -0.4 is 0 Å². The van der Waals surface area contributed by atoms with Crippen LogP contribution in [0.5, 0.6) is 0 Å². The van der Waals surface area contributed by atoms with Crippen LogP contribution in [0.4, 0.5) is 0 Å². The van der Waals surface area contributed by atoms with Gasteiger partial charge >= 0.3 is 26.2 Å². The van der Waals surface area contributed by atoms with Crippen molar-refractivity contribution in [2.45, 2.75) is 107 Å². The molecule has 0 aromatic heterocycles. The second-order valence-electron chi connectivity index (χ2n) is 10.9. The Morgan fingerprint density at radius 2 is 0.795 bits per heavy atom. The molecule has 0 nitrogen and oxygen atoms in total. The summed E-state index contributed by atoms with van der Waals surface area (Å²) in [5.41, 5.74) is 8.66. The number of hydrogen-bond acceptors (Lipinski definition) is 0. The predicted octanol–water partition coefficient (Wildman–Crippen LogP) is 12.2. The molecule has 0 aliphatic carbocycles. The maximum Gasteiger partial charge on any atom is 3.00 e. The van der Waals surface area contributed by atoms with E-state index in [1.807, 2.05) is 13.8 Å². The van der Waals surface area contributed by atoms with Crippen molar-refractivity contribution in [2.75, 3.05) is 0 Å². The second-order valence-corrected chi connectivity index (χ2v) is 10.9.